The zero-order chi connectivity index (χ0) is 16.1. The summed E-state index contributed by atoms with van der Waals surface area (Å²) in [5.41, 5.74) is 2.55. The van der Waals surface area contributed by atoms with Gasteiger partial charge in [-0.1, -0.05) is 29.8 Å². The van der Waals surface area contributed by atoms with Crippen LogP contribution in [0.15, 0.2) is 42.5 Å². The van der Waals surface area contributed by atoms with Gasteiger partial charge in [0.2, 0.25) is 0 Å². The molecule has 0 saturated carbocycles. The van der Waals surface area contributed by atoms with E-state index in [1.165, 1.54) is 17.0 Å². The molecule has 22 heavy (non-hydrogen) atoms. The Hall–Kier alpha value is -2.87. The van der Waals surface area contributed by atoms with Crippen LogP contribution in [0.25, 0.3) is 0 Å². The molecule has 112 valence electrons. The summed E-state index contributed by atoms with van der Waals surface area (Å²) in [6.45, 7) is 2.44. The van der Waals surface area contributed by atoms with Gasteiger partial charge in [0, 0.05) is 13.6 Å². The summed E-state index contributed by atoms with van der Waals surface area (Å²) in [6.07, 6.45) is 0. The standard InChI is InChI=1S/C17H16FN3O/c1-12-3-5-13(6-4-12)11-21(2)17(22)20-16-8-7-15(18)9-14(16)10-19/h3-9H,11H2,1-2H3,(H,20,22). The third-order valence-electron chi connectivity index (χ3n) is 3.23. The molecule has 0 heterocycles. The van der Waals surface area contributed by atoms with Gasteiger partial charge in [0.05, 0.1) is 11.3 Å². The minimum atomic E-state index is -0.512. The van der Waals surface area contributed by atoms with Crippen LogP contribution in [0.5, 0.6) is 0 Å². The van der Waals surface area contributed by atoms with Crippen molar-refractivity contribution in [2.45, 2.75) is 13.5 Å². The summed E-state index contributed by atoms with van der Waals surface area (Å²) < 4.78 is 13.1. The number of amides is 2. The molecular formula is C17H16FN3O. The molecule has 0 aliphatic heterocycles. The molecule has 0 atom stereocenters. The number of urea groups is 1. The van der Waals surface area contributed by atoms with E-state index >= 15 is 0 Å². The normalized spacial score (nSPS) is 9.91. The Bertz CT molecular complexity index is 720. The lowest BCUT2D eigenvalue weighted by Gasteiger charge is -2.18. The van der Waals surface area contributed by atoms with Crippen molar-refractivity contribution in [2.24, 2.45) is 0 Å². The number of halogens is 1. The van der Waals surface area contributed by atoms with Gasteiger partial charge in [0.1, 0.15) is 11.9 Å². The van der Waals surface area contributed by atoms with Crippen LogP contribution in [0.4, 0.5) is 14.9 Å². The highest BCUT2D eigenvalue weighted by atomic mass is 19.1. The van der Waals surface area contributed by atoms with Crippen LogP contribution in [-0.2, 0) is 6.54 Å². The molecule has 0 unspecified atom stereocenters. The monoisotopic (exact) mass is 297 g/mol. The maximum atomic E-state index is 13.1. The maximum absolute atomic E-state index is 13.1. The Morgan fingerprint density at radius 2 is 1.95 bits per heavy atom. The fraction of sp³-hybridized carbons (Fsp3) is 0.176. The van der Waals surface area contributed by atoms with Gasteiger partial charge in [-0.15, -0.1) is 0 Å². The van der Waals surface area contributed by atoms with Gasteiger partial charge in [-0.3, -0.25) is 0 Å². The van der Waals surface area contributed by atoms with Gasteiger partial charge in [-0.05, 0) is 30.7 Å². The Balaban J connectivity index is 2.05. The third-order valence-corrected chi connectivity index (χ3v) is 3.23. The molecule has 0 aromatic heterocycles. The van der Waals surface area contributed by atoms with Crippen LogP contribution in [-0.4, -0.2) is 18.0 Å². The Morgan fingerprint density at radius 1 is 1.27 bits per heavy atom. The predicted octanol–water partition coefficient (Wildman–Crippen LogP) is 3.67. The number of nitrogens with zero attached hydrogens (tertiary/aromatic N) is 2. The molecule has 2 aromatic rings. The summed E-state index contributed by atoms with van der Waals surface area (Å²) in [5.74, 6) is -0.512. The number of anilines is 1. The number of hydrogen-bond acceptors (Lipinski definition) is 2. The molecule has 0 bridgehead atoms. The average Bonchev–Trinajstić information content (AvgIpc) is 2.51. The predicted molar refractivity (Wildman–Crippen MR) is 82.8 cm³/mol. The lowest BCUT2D eigenvalue weighted by molar-refractivity contribution is 0.220. The minimum Gasteiger partial charge on any atom is -0.323 e. The molecule has 1 N–H and O–H groups in total. The molecule has 0 aliphatic carbocycles. The largest absolute Gasteiger partial charge is 0.323 e. The van der Waals surface area contributed by atoms with E-state index < -0.39 is 5.82 Å². The molecule has 0 aliphatic rings. The summed E-state index contributed by atoms with van der Waals surface area (Å²) in [7, 11) is 1.66. The van der Waals surface area contributed by atoms with E-state index in [1.54, 1.807) is 7.05 Å². The zero-order valence-corrected chi connectivity index (χ0v) is 12.4. The first-order chi connectivity index (χ1) is 10.5. The average molecular weight is 297 g/mol. The molecule has 2 aromatic carbocycles. The smallest absolute Gasteiger partial charge is 0.321 e. The van der Waals surface area contributed by atoms with Crippen LogP contribution in [0.2, 0.25) is 0 Å². The lowest BCUT2D eigenvalue weighted by atomic mass is 10.1. The van der Waals surface area contributed by atoms with E-state index in [1.807, 2.05) is 37.3 Å². The topological polar surface area (TPSA) is 56.1 Å². The van der Waals surface area contributed by atoms with E-state index in [9.17, 15) is 9.18 Å². The van der Waals surface area contributed by atoms with Gasteiger partial charge in [0.25, 0.3) is 0 Å². The first kappa shape index (κ1) is 15.5. The number of aryl methyl sites for hydroxylation is 1. The molecule has 5 heteroatoms. The Labute approximate surface area is 128 Å². The molecule has 0 spiro atoms. The highest BCUT2D eigenvalue weighted by molar-refractivity contribution is 5.90. The lowest BCUT2D eigenvalue weighted by Crippen LogP contribution is -2.31. The Kier molecular flexibility index (Phi) is 4.74. The van der Waals surface area contributed by atoms with E-state index in [4.69, 9.17) is 5.26 Å². The van der Waals surface area contributed by atoms with Gasteiger partial charge in [-0.25, -0.2) is 9.18 Å². The summed E-state index contributed by atoms with van der Waals surface area (Å²) in [5, 5.41) is 11.6. The van der Waals surface area contributed by atoms with Crippen molar-refractivity contribution in [2.75, 3.05) is 12.4 Å². The molecule has 4 nitrogen and oxygen atoms in total. The van der Waals surface area contributed by atoms with Crippen molar-refractivity contribution >= 4 is 11.7 Å². The van der Waals surface area contributed by atoms with E-state index in [2.05, 4.69) is 5.32 Å². The highest BCUT2D eigenvalue weighted by Gasteiger charge is 2.12. The van der Waals surface area contributed by atoms with Crippen LogP contribution < -0.4 is 5.32 Å². The molecule has 2 amide bonds. The van der Waals surface area contributed by atoms with E-state index in [0.29, 0.717) is 12.2 Å². The zero-order valence-electron chi connectivity index (χ0n) is 12.4. The highest BCUT2D eigenvalue weighted by Crippen LogP contribution is 2.17. The minimum absolute atomic E-state index is 0.0945. The van der Waals surface area contributed by atoms with Crippen molar-refractivity contribution in [3.63, 3.8) is 0 Å². The fourth-order valence-corrected chi connectivity index (χ4v) is 1.97. The van der Waals surface area contributed by atoms with Crippen molar-refractivity contribution < 1.29 is 9.18 Å². The number of benzene rings is 2. The van der Waals surface area contributed by atoms with Gasteiger partial charge in [-0.2, -0.15) is 5.26 Å². The van der Waals surface area contributed by atoms with Gasteiger partial charge >= 0.3 is 6.03 Å². The van der Waals surface area contributed by atoms with Gasteiger partial charge in [0.15, 0.2) is 0 Å². The number of nitriles is 1. The molecule has 0 fully saturated rings. The second-order valence-corrected chi connectivity index (χ2v) is 5.07. The van der Waals surface area contributed by atoms with Crippen LogP contribution in [0.1, 0.15) is 16.7 Å². The van der Waals surface area contributed by atoms with Crippen molar-refractivity contribution in [1.82, 2.24) is 4.90 Å². The first-order valence-corrected chi connectivity index (χ1v) is 6.77. The summed E-state index contributed by atoms with van der Waals surface area (Å²) >= 11 is 0. The van der Waals surface area contributed by atoms with E-state index in [-0.39, 0.29) is 11.6 Å². The number of nitrogens with one attached hydrogen (secondary N) is 1. The SMILES string of the molecule is Cc1ccc(CN(C)C(=O)Nc2ccc(F)cc2C#N)cc1. The summed E-state index contributed by atoms with van der Waals surface area (Å²) in [4.78, 5) is 13.6. The van der Waals surface area contributed by atoms with Gasteiger partial charge < -0.3 is 10.2 Å². The molecular weight excluding hydrogens is 281 g/mol. The van der Waals surface area contributed by atoms with Crippen molar-refractivity contribution in [3.8, 4) is 6.07 Å². The number of carbonyl (C=O) groups excluding carboxylic acids is 1. The van der Waals surface area contributed by atoms with Crippen LogP contribution >= 0.6 is 0 Å². The number of rotatable bonds is 3. The molecule has 2 rings (SSSR count). The van der Waals surface area contributed by atoms with E-state index in [0.717, 1.165) is 17.2 Å². The maximum Gasteiger partial charge on any atom is 0.321 e. The second-order valence-electron chi connectivity index (χ2n) is 5.07. The Morgan fingerprint density at radius 3 is 2.59 bits per heavy atom. The molecule has 0 radical (unpaired) electrons. The third kappa shape index (κ3) is 3.83. The van der Waals surface area contributed by atoms with Crippen molar-refractivity contribution in [3.05, 3.63) is 65.0 Å². The van der Waals surface area contributed by atoms with Crippen LogP contribution in [0, 0.1) is 24.1 Å². The fourth-order valence-electron chi connectivity index (χ4n) is 1.97. The molecule has 0 saturated heterocycles. The van der Waals surface area contributed by atoms with Crippen LogP contribution in [0.3, 0.4) is 0 Å². The quantitative estimate of drug-likeness (QED) is 0.939. The first-order valence-electron chi connectivity index (χ1n) is 6.77. The second kappa shape index (κ2) is 6.72. The number of carbonyl (C=O) groups is 1. The summed E-state index contributed by atoms with van der Waals surface area (Å²) in [6, 6.07) is 13.1. The number of hydrogen-bond donors (Lipinski definition) is 1. The van der Waals surface area contributed by atoms with Crippen molar-refractivity contribution in [1.29, 1.82) is 5.26 Å².